The molecule has 10 nitrogen and oxygen atoms in total. The topological polar surface area (TPSA) is 129 Å². The van der Waals surface area contributed by atoms with Crippen LogP contribution in [0.1, 0.15) is 24.1 Å². The fourth-order valence-corrected chi connectivity index (χ4v) is 5.69. The van der Waals surface area contributed by atoms with Gasteiger partial charge in [0.15, 0.2) is 5.17 Å². The number of anilines is 1. The van der Waals surface area contributed by atoms with Crippen molar-refractivity contribution in [2.45, 2.75) is 13.0 Å². The van der Waals surface area contributed by atoms with Crippen LogP contribution in [0.4, 0.5) is 11.5 Å². The molecule has 2 aromatic carbocycles. The molecule has 0 bridgehead atoms. The fraction of sp³-hybridized carbons (Fsp3) is 0.125. The maximum atomic E-state index is 13.6. The largest absolute Gasteiger partial charge is 0.348 e. The Morgan fingerprint density at radius 1 is 1.06 bits per heavy atom. The Hall–Kier alpha value is -4.09. The van der Waals surface area contributed by atoms with Gasteiger partial charge in [-0.3, -0.25) is 14.6 Å². The maximum absolute atomic E-state index is 13.6. The minimum Gasteiger partial charge on any atom is -0.332 e. The van der Waals surface area contributed by atoms with E-state index >= 15 is 0 Å². The van der Waals surface area contributed by atoms with Gasteiger partial charge in [-0.05, 0) is 42.2 Å². The van der Waals surface area contributed by atoms with Crippen molar-refractivity contribution >= 4 is 51.7 Å². The van der Waals surface area contributed by atoms with Crippen LogP contribution in [0.2, 0.25) is 5.02 Å². The number of aromatic amines is 1. The summed E-state index contributed by atoms with van der Waals surface area (Å²) in [5.74, 6) is 4.99. The summed E-state index contributed by atoms with van der Waals surface area (Å²) in [6, 6.07) is 15.5. The van der Waals surface area contributed by atoms with E-state index in [2.05, 4.69) is 15.1 Å². The van der Waals surface area contributed by atoms with Gasteiger partial charge >= 0.3 is 5.69 Å². The van der Waals surface area contributed by atoms with Crippen LogP contribution in [-0.2, 0) is 4.79 Å². The van der Waals surface area contributed by atoms with Crippen molar-refractivity contribution in [1.82, 2.24) is 14.6 Å². The molecule has 36 heavy (non-hydrogen) atoms. The number of hydrogen-bond acceptors (Lipinski definition) is 8. The summed E-state index contributed by atoms with van der Waals surface area (Å²) < 4.78 is 0.527. The first kappa shape index (κ1) is 22.4. The summed E-state index contributed by atoms with van der Waals surface area (Å²) in [7, 11) is 0. The van der Waals surface area contributed by atoms with E-state index in [0.29, 0.717) is 37.5 Å². The highest BCUT2D eigenvalue weighted by molar-refractivity contribution is 8.16. The standard InChI is InChI=1S/C24H18ClN7O3S/c1-12-17(22(34)32(29-12)15-5-3-2-4-6-15)16-11-36-24-28-20-18(21(33)31(26)23(35)27-20)19(30(16)24)13-7-9-14(25)10-8-13/h2-11,17,19H,26H2,1H3,(H,27,35). The van der Waals surface area contributed by atoms with Gasteiger partial charge < -0.3 is 10.7 Å². The summed E-state index contributed by atoms with van der Waals surface area (Å²) in [6.45, 7) is 1.80. The van der Waals surface area contributed by atoms with E-state index in [1.165, 1.54) is 16.8 Å². The molecule has 4 heterocycles. The molecule has 0 aliphatic carbocycles. The summed E-state index contributed by atoms with van der Waals surface area (Å²) in [6.07, 6.45) is 0. The number of aliphatic imine (C=N–C) groups is 1. The quantitative estimate of drug-likeness (QED) is 0.512. The second-order valence-electron chi connectivity index (χ2n) is 8.41. The number of nitrogens with two attached hydrogens (primary N) is 1. The molecule has 3 aliphatic heterocycles. The number of amidine groups is 1. The first-order valence-electron chi connectivity index (χ1n) is 10.9. The molecule has 0 fully saturated rings. The van der Waals surface area contributed by atoms with Gasteiger partial charge in [-0.25, -0.2) is 9.79 Å². The molecule has 1 aromatic heterocycles. The number of hydrogen-bond donors (Lipinski definition) is 2. The molecule has 0 saturated heterocycles. The molecule has 2 unspecified atom stereocenters. The van der Waals surface area contributed by atoms with Crippen molar-refractivity contribution in [1.29, 1.82) is 0 Å². The van der Waals surface area contributed by atoms with Crippen LogP contribution in [0.25, 0.3) is 0 Å². The normalized spacial score (nSPS) is 20.6. The Balaban J connectivity index is 1.50. The van der Waals surface area contributed by atoms with E-state index < -0.39 is 23.2 Å². The van der Waals surface area contributed by atoms with E-state index in [-0.39, 0.29) is 17.3 Å². The van der Waals surface area contributed by atoms with Gasteiger partial charge in [-0.2, -0.15) is 14.8 Å². The zero-order chi connectivity index (χ0) is 25.1. The number of nitrogens with one attached hydrogen (secondary N) is 1. The molecule has 0 radical (unpaired) electrons. The predicted molar refractivity (Wildman–Crippen MR) is 140 cm³/mol. The van der Waals surface area contributed by atoms with Crippen LogP contribution in [0.5, 0.6) is 0 Å². The van der Waals surface area contributed by atoms with E-state index in [9.17, 15) is 14.4 Å². The van der Waals surface area contributed by atoms with Crippen LogP contribution in [0.15, 0.2) is 85.4 Å². The minimum atomic E-state index is -0.768. The van der Waals surface area contributed by atoms with Gasteiger partial charge in [0.1, 0.15) is 11.7 Å². The lowest BCUT2D eigenvalue weighted by Crippen LogP contribution is -2.47. The SMILES string of the molecule is CC1=NN(c2ccccc2)C(=O)C1C1=CSC2=Nc3[nH]c(=O)n(N)c(=O)c3C(c3ccc(Cl)cc3)N12. The summed E-state index contributed by atoms with van der Waals surface area (Å²) in [5, 5.41) is 8.80. The number of amides is 1. The molecule has 12 heteroatoms. The Morgan fingerprint density at radius 2 is 1.78 bits per heavy atom. The molecule has 6 rings (SSSR count). The zero-order valence-electron chi connectivity index (χ0n) is 18.8. The number of benzene rings is 2. The number of hydrazone groups is 1. The number of carbonyl (C=O) groups excluding carboxylic acids is 1. The first-order chi connectivity index (χ1) is 17.3. The van der Waals surface area contributed by atoms with Crippen LogP contribution in [0, 0.1) is 5.92 Å². The monoisotopic (exact) mass is 519 g/mol. The number of para-hydroxylation sites is 1. The summed E-state index contributed by atoms with van der Waals surface area (Å²) in [4.78, 5) is 48.1. The van der Waals surface area contributed by atoms with Gasteiger partial charge in [-0.1, -0.05) is 53.7 Å². The third-order valence-corrected chi connectivity index (χ3v) is 7.38. The van der Waals surface area contributed by atoms with Gasteiger partial charge in [0, 0.05) is 10.7 Å². The van der Waals surface area contributed by atoms with Gasteiger partial charge in [0.05, 0.1) is 23.0 Å². The number of nitrogens with zero attached hydrogens (tertiary/aromatic N) is 5. The molecule has 0 spiro atoms. The second kappa shape index (κ2) is 8.25. The number of rotatable bonds is 3. The molecule has 3 aliphatic rings. The van der Waals surface area contributed by atoms with Crippen molar-refractivity contribution in [3.05, 3.63) is 103 Å². The van der Waals surface area contributed by atoms with E-state index in [1.807, 2.05) is 40.6 Å². The third kappa shape index (κ3) is 3.31. The average molecular weight is 520 g/mol. The number of fused-ring (bicyclic) bond motifs is 2. The van der Waals surface area contributed by atoms with E-state index in [0.717, 1.165) is 0 Å². The third-order valence-electron chi connectivity index (χ3n) is 6.27. The summed E-state index contributed by atoms with van der Waals surface area (Å²) >= 11 is 7.44. The molecule has 2 atom stereocenters. The Morgan fingerprint density at radius 3 is 2.50 bits per heavy atom. The van der Waals surface area contributed by atoms with Crippen molar-refractivity contribution < 1.29 is 4.79 Å². The first-order valence-corrected chi connectivity index (χ1v) is 12.2. The second-order valence-corrected chi connectivity index (χ2v) is 9.68. The van der Waals surface area contributed by atoms with Crippen LogP contribution >= 0.6 is 23.4 Å². The van der Waals surface area contributed by atoms with Crippen LogP contribution in [0.3, 0.4) is 0 Å². The number of nitrogen functional groups attached to an aromatic ring is 1. The molecular weight excluding hydrogens is 502 g/mol. The fourth-order valence-electron chi connectivity index (χ4n) is 4.62. The van der Waals surface area contributed by atoms with E-state index in [4.69, 9.17) is 17.4 Å². The molecule has 0 saturated carbocycles. The van der Waals surface area contributed by atoms with Crippen LogP contribution in [-0.4, -0.2) is 31.3 Å². The highest BCUT2D eigenvalue weighted by Gasteiger charge is 2.47. The Kier molecular flexibility index (Phi) is 5.13. The minimum absolute atomic E-state index is 0.133. The smallest absolute Gasteiger partial charge is 0.332 e. The molecule has 3 N–H and O–H groups in total. The number of thioether (sulfide) groups is 1. The molecule has 180 valence electrons. The van der Waals surface area contributed by atoms with Gasteiger partial charge in [-0.15, -0.1) is 0 Å². The zero-order valence-corrected chi connectivity index (χ0v) is 20.3. The summed E-state index contributed by atoms with van der Waals surface area (Å²) in [5.41, 5.74) is 1.35. The number of aromatic nitrogens is 2. The van der Waals surface area contributed by atoms with Crippen molar-refractivity contribution in [2.75, 3.05) is 10.9 Å². The lowest BCUT2D eigenvalue weighted by molar-refractivity contribution is -0.119. The van der Waals surface area contributed by atoms with Crippen molar-refractivity contribution in [3.8, 4) is 0 Å². The van der Waals surface area contributed by atoms with Gasteiger partial charge in [0.2, 0.25) is 0 Å². The molecule has 3 aromatic rings. The lowest BCUT2D eigenvalue weighted by atomic mass is 9.93. The molecular formula is C24H18ClN7O3S. The average Bonchev–Trinajstić information content (AvgIpc) is 3.41. The highest BCUT2D eigenvalue weighted by Crippen LogP contribution is 2.47. The Labute approximate surface area is 213 Å². The lowest BCUT2D eigenvalue weighted by Gasteiger charge is -2.36. The number of carbonyl (C=O) groups is 1. The maximum Gasteiger partial charge on any atom is 0.348 e. The van der Waals surface area contributed by atoms with Crippen LogP contribution < -0.4 is 22.1 Å². The van der Waals surface area contributed by atoms with Gasteiger partial charge in [0.25, 0.3) is 11.5 Å². The molecule has 1 amide bonds. The van der Waals surface area contributed by atoms with Crippen molar-refractivity contribution in [2.24, 2.45) is 16.0 Å². The number of halogens is 1. The predicted octanol–water partition coefficient (Wildman–Crippen LogP) is 2.92. The highest BCUT2D eigenvalue weighted by atomic mass is 35.5. The number of H-pyrrole nitrogens is 1. The Bertz CT molecular complexity index is 1630. The van der Waals surface area contributed by atoms with Crippen molar-refractivity contribution in [3.63, 3.8) is 0 Å². The van der Waals surface area contributed by atoms with E-state index in [1.54, 1.807) is 31.2 Å².